The third-order valence-corrected chi connectivity index (χ3v) is 2.28. The predicted molar refractivity (Wildman–Crippen MR) is 60.9 cm³/mol. The van der Waals surface area contributed by atoms with Crippen molar-refractivity contribution in [1.82, 2.24) is 0 Å². The van der Waals surface area contributed by atoms with Crippen molar-refractivity contribution in [2.24, 2.45) is 0 Å². The van der Waals surface area contributed by atoms with E-state index in [1.54, 1.807) is 13.0 Å². The molecule has 84 valence electrons. The van der Waals surface area contributed by atoms with Crippen LogP contribution >= 0.6 is 12.6 Å². The summed E-state index contributed by atoms with van der Waals surface area (Å²) < 4.78 is 9.83. The third-order valence-electron chi connectivity index (χ3n) is 1.93. The van der Waals surface area contributed by atoms with Crippen molar-refractivity contribution in [3.8, 4) is 11.8 Å². The molecule has 5 heteroatoms. The number of ether oxygens (including phenoxy) is 2. The summed E-state index contributed by atoms with van der Waals surface area (Å²) in [6.45, 7) is 1.95. The molecule has 0 saturated heterocycles. The second-order valence-electron chi connectivity index (χ2n) is 2.90. The van der Waals surface area contributed by atoms with Gasteiger partial charge in [-0.2, -0.15) is 5.26 Å². The number of carbonyl (C=O) groups excluding carboxylic acids is 1. The standard InChI is InChI=1S/C11H11NO3S/c1-3-15-11(13)10-7(6-12)4-8(14-2)5-9(10)16/h4-5,16H,3H2,1-2H3. The van der Waals surface area contributed by atoms with Crippen molar-refractivity contribution >= 4 is 18.6 Å². The SMILES string of the molecule is CCOC(=O)c1c(S)cc(OC)cc1C#N. The molecule has 0 aliphatic rings. The Morgan fingerprint density at radius 2 is 2.25 bits per heavy atom. The van der Waals surface area contributed by atoms with Crippen LogP contribution in [0, 0.1) is 11.3 Å². The van der Waals surface area contributed by atoms with Gasteiger partial charge in [0.25, 0.3) is 0 Å². The molecule has 0 bridgehead atoms. The van der Waals surface area contributed by atoms with Crippen molar-refractivity contribution in [3.63, 3.8) is 0 Å². The van der Waals surface area contributed by atoms with Crippen LogP contribution < -0.4 is 4.74 Å². The van der Waals surface area contributed by atoms with Gasteiger partial charge in [0.1, 0.15) is 11.8 Å². The second kappa shape index (κ2) is 5.42. The third kappa shape index (κ3) is 2.47. The van der Waals surface area contributed by atoms with E-state index in [0.717, 1.165) is 0 Å². The van der Waals surface area contributed by atoms with Gasteiger partial charge in [0.05, 0.1) is 24.8 Å². The van der Waals surface area contributed by atoms with Gasteiger partial charge < -0.3 is 9.47 Å². The summed E-state index contributed by atoms with van der Waals surface area (Å²) in [5.41, 5.74) is 0.372. The first-order chi connectivity index (χ1) is 7.63. The zero-order valence-electron chi connectivity index (χ0n) is 8.98. The molecule has 0 saturated carbocycles. The molecule has 0 aromatic heterocycles. The highest BCUT2D eigenvalue weighted by Gasteiger charge is 2.17. The normalized spacial score (nSPS) is 9.38. The lowest BCUT2D eigenvalue weighted by Crippen LogP contribution is -2.08. The van der Waals surface area contributed by atoms with Crippen LogP contribution in [0.5, 0.6) is 5.75 Å². The fraction of sp³-hybridized carbons (Fsp3) is 0.273. The van der Waals surface area contributed by atoms with Crippen molar-refractivity contribution < 1.29 is 14.3 Å². The molecule has 0 aliphatic heterocycles. The van der Waals surface area contributed by atoms with Gasteiger partial charge in [0.2, 0.25) is 0 Å². The first kappa shape index (κ1) is 12.4. The van der Waals surface area contributed by atoms with Gasteiger partial charge in [0.15, 0.2) is 0 Å². The zero-order valence-corrected chi connectivity index (χ0v) is 9.88. The molecule has 0 N–H and O–H groups in total. The molecule has 0 aliphatic carbocycles. The monoisotopic (exact) mass is 237 g/mol. The average molecular weight is 237 g/mol. The summed E-state index contributed by atoms with van der Waals surface area (Å²) in [5, 5.41) is 8.93. The maximum atomic E-state index is 11.6. The van der Waals surface area contributed by atoms with Crippen molar-refractivity contribution in [3.05, 3.63) is 23.3 Å². The molecule has 1 aromatic rings. The summed E-state index contributed by atoms with van der Waals surface area (Å²) in [7, 11) is 1.48. The predicted octanol–water partition coefficient (Wildman–Crippen LogP) is 2.03. The molecule has 1 aromatic carbocycles. The van der Waals surface area contributed by atoms with E-state index in [4.69, 9.17) is 14.7 Å². The topological polar surface area (TPSA) is 59.3 Å². The highest BCUT2D eigenvalue weighted by atomic mass is 32.1. The van der Waals surface area contributed by atoms with Crippen LogP contribution in [0.15, 0.2) is 17.0 Å². The molecular weight excluding hydrogens is 226 g/mol. The number of hydrogen-bond donors (Lipinski definition) is 1. The molecule has 0 spiro atoms. The van der Waals surface area contributed by atoms with Crippen LogP contribution in [0.3, 0.4) is 0 Å². The van der Waals surface area contributed by atoms with Crippen molar-refractivity contribution in [1.29, 1.82) is 5.26 Å². The van der Waals surface area contributed by atoms with Crippen LogP contribution in [0.25, 0.3) is 0 Å². The first-order valence-corrected chi connectivity index (χ1v) is 5.07. The Hall–Kier alpha value is -1.67. The van der Waals surface area contributed by atoms with Gasteiger partial charge in [0, 0.05) is 4.90 Å². The number of benzene rings is 1. The van der Waals surface area contributed by atoms with E-state index in [1.165, 1.54) is 13.2 Å². The number of nitriles is 1. The van der Waals surface area contributed by atoms with Gasteiger partial charge in [-0.05, 0) is 19.1 Å². The van der Waals surface area contributed by atoms with E-state index < -0.39 is 5.97 Å². The molecule has 1 rings (SSSR count). The van der Waals surface area contributed by atoms with Crippen LogP contribution in [0.2, 0.25) is 0 Å². The minimum atomic E-state index is -0.549. The van der Waals surface area contributed by atoms with Gasteiger partial charge >= 0.3 is 5.97 Å². The summed E-state index contributed by atoms with van der Waals surface area (Å²) in [6, 6.07) is 4.96. The Kier molecular flexibility index (Phi) is 4.20. The summed E-state index contributed by atoms with van der Waals surface area (Å²) in [6.07, 6.45) is 0. The van der Waals surface area contributed by atoms with Gasteiger partial charge in [-0.1, -0.05) is 0 Å². The minimum Gasteiger partial charge on any atom is -0.497 e. The van der Waals surface area contributed by atoms with E-state index >= 15 is 0 Å². The first-order valence-electron chi connectivity index (χ1n) is 4.62. The number of nitrogens with zero attached hydrogens (tertiary/aromatic N) is 1. The van der Waals surface area contributed by atoms with Crippen LogP contribution in [0.4, 0.5) is 0 Å². The van der Waals surface area contributed by atoms with Crippen LogP contribution in [-0.2, 0) is 4.74 Å². The fourth-order valence-corrected chi connectivity index (χ4v) is 1.56. The van der Waals surface area contributed by atoms with Crippen LogP contribution in [-0.4, -0.2) is 19.7 Å². The van der Waals surface area contributed by atoms with Crippen LogP contribution in [0.1, 0.15) is 22.8 Å². The van der Waals surface area contributed by atoms with E-state index in [9.17, 15) is 4.79 Å². The lowest BCUT2D eigenvalue weighted by atomic mass is 10.1. The largest absolute Gasteiger partial charge is 0.497 e. The molecule has 0 unspecified atom stereocenters. The smallest absolute Gasteiger partial charge is 0.340 e. The van der Waals surface area contributed by atoms with E-state index in [0.29, 0.717) is 10.6 Å². The summed E-state index contributed by atoms with van der Waals surface area (Å²) >= 11 is 4.15. The van der Waals surface area contributed by atoms with Crippen molar-refractivity contribution in [2.45, 2.75) is 11.8 Å². The Morgan fingerprint density at radius 1 is 1.56 bits per heavy atom. The zero-order chi connectivity index (χ0) is 12.1. The van der Waals surface area contributed by atoms with Crippen molar-refractivity contribution in [2.75, 3.05) is 13.7 Å². The van der Waals surface area contributed by atoms with E-state index in [-0.39, 0.29) is 17.7 Å². The van der Waals surface area contributed by atoms with Gasteiger partial charge in [-0.25, -0.2) is 4.79 Å². The molecular formula is C11H11NO3S. The molecule has 0 fully saturated rings. The lowest BCUT2D eigenvalue weighted by molar-refractivity contribution is 0.0522. The average Bonchev–Trinajstić information content (AvgIpc) is 2.27. The molecule has 16 heavy (non-hydrogen) atoms. The van der Waals surface area contributed by atoms with Gasteiger partial charge in [-0.3, -0.25) is 0 Å². The number of esters is 1. The lowest BCUT2D eigenvalue weighted by Gasteiger charge is -2.08. The maximum absolute atomic E-state index is 11.6. The minimum absolute atomic E-state index is 0.175. The Balaban J connectivity index is 3.28. The van der Waals surface area contributed by atoms with E-state index in [2.05, 4.69) is 12.6 Å². The Bertz CT molecular complexity index is 451. The highest BCUT2D eigenvalue weighted by molar-refractivity contribution is 7.80. The Labute approximate surface area is 99.2 Å². The molecule has 0 amide bonds. The van der Waals surface area contributed by atoms with Gasteiger partial charge in [-0.15, -0.1) is 12.6 Å². The molecule has 0 atom stereocenters. The van der Waals surface area contributed by atoms with E-state index in [1.807, 2.05) is 6.07 Å². The number of carbonyl (C=O) groups is 1. The number of hydrogen-bond acceptors (Lipinski definition) is 5. The summed E-state index contributed by atoms with van der Waals surface area (Å²) in [4.78, 5) is 12.0. The summed E-state index contributed by atoms with van der Waals surface area (Å²) in [5.74, 6) is -0.0682. The molecule has 0 heterocycles. The second-order valence-corrected chi connectivity index (χ2v) is 3.38. The fourth-order valence-electron chi connectivity index (χ4n) is 1.22. The maximum Gasteiger partial charge on any atom is 0.340 e. The Morgan fingerprint density at radius 3 is 2.75 bits per heavy atom. The number of methoxy groups -OCH3 is 1. The molecule has 0 radical (unpaired) electrons. The number of rotatable bonds is 3. The molecule has 4 nitrogen and oxygen atoms in total. The highest BCUT2D eigenvalue weighted by Crippen LogP contribution is 2.25. The number of thiol groups is 1. The quantitative estimate of drug-likeness (QED) is 0.645.